The lowest BCUT2D eigenvalue weighted by Crippen LogP contribution is -1.99. The third kappa shape index (κ3) is 2.26. The number of ether oxygens (including phenoxy) is 2. The van der Waals surface area contributed by atoms with Crippen molar-refractivity contribution < 1.29 is 19.1 Å². The summed E-state index contributed by atoms with van der Waals surface area (Å²) in [5.74, 6) is 1.74. The summed E-state index contributed by atoms with van der Waals surface area (Å²) in [4.78, 5) is 4.32. The van der Waals surface area contributed by atoms with Gasteiger partial charge in [0.1, 0.15) is 11.5 Å². The number of hydrogen-bond donors (Lipinski definition) is 1. The van der Waals surface area contributed by atoms with Gasteiger partial charge in [-0.1, -0.05) is 5.16 Å². The minimum Gasteiger partial charge on any atom is -0.507 e. The molecule has 1 saturated heterocycles. The number of phenols is 1. The zero-order valence-corrected chi connectivity index (χ0v) is 10.5. The van der Waals surface area contributed by atoms with E-state index < -0.39 is 0 Å². The van der Waals surface area contributed by atoms with Crippen molar-refractivity contribution in [3.05, 3.63) is 24.0 Å². The highest BCUT2D eigenvalue weighted by Gasteiger charge is 2.24. The lowest BCUT2D eigenvalue weighted by Gasteiger charge is -2.03. The molecule has 1 atom stereocenters. The Morgan fingerprint density at radius 1 is 1.42 bits per heavy atom. The van der Waals surface area contributed by atoms with E-state index in [1.807, 2.05) is 0 Å². The van der Waals surface area contributed by atoms with E-state index in [0.717, 1.165) is 13.0 Å². The van der Waals surface area contributed by atoms with Gasteiger partial charge >= 0.3 is 0 Å². The van der Waals surface area contributed by atoms with Gasteiger partial charge in [0, 0.05) is 18.6 Å². The predicted molar refractivity (Wildman–Crippen MR) is 66.1 cm³/mol. The van der Waals surface area contributed by atoms with Gasteiger partial charge in [0.2, 0.25) is 0 Å². The monoisotopic (exact) mass is 262 g/mol. The molecule has 0 radical (unpaired) electrons. The van der Waals surface area contributed by atoms with Crippen LogP contribution in [0.1, 0.15) is 18.2 Å². The summed E-state index contributed by atoms with van der Waals surface area (Å²) < 4.78 is 15.5. The van der Waals surface area contributed by atoms with E-state index in [4.69, 9.17) is 14.0 Å². The molecule has 1 aliphatic heterocycles. The first kappa shape index (κ1) is 12.0. The average Bonchev–Trinajstić information content (AvgIpc) is 3.09. The van der Waals surface area contributed by atoms with Crippen molar-refractivity contribution in [2.24, 2.45) is 0 Å². The van der Waals surface area contributed by atoms with Crippen LogP contribution in [0.2, 0.25) is 0 Å². The largest absolute Gasteiger partial charge is 0.507 e. The molecule has 0 saturated carbocycles. The Hall–Kier alpha value is -2.08. The first-order valence-electron chi connectivity index (χ1n) is 6.06. The van der Waals surface area contributed by atoms with Crippen LogP contribution in [0, 0.1) is 0 Å². The van der Waals surface area contributed by atoms with E-state index in [0.29, 0.717) is 29.6 Å². The second-order valence-electron chi connectivity index (χ2n) is 4.40. The molecule has 0 spiro atoms. The average molecular weight is 262 g/mol. The summed E-state index contributed by atoms with van der Waals surface area (Å²) in [6.07, 6.45) is 0.896. The maximum absolute atomic E-state index is 9.92. The normalized spacial score (nSPS) is 18.7. The van der Waals surface area contributed by atoms with Gasteiger partial charge in [0.25, 0.3) is 5.89 Å². The van der Waals surface area contributed by atoms with Gasteiger partial charge in [0.15, 0.2) is 5.82 Å². The number of hydrogen-bond acceptors (Lipinski definition) is 6. The molecule has 0 amide bonds. The summed E-state index contributed by atoms with van der Waals surface area (Å²) in [6, 6.07) is 4.94. The van der Waals surface area contributed by atoms with E-state index in [-0.39, 0.29) is 11.7 Å². The molecule has 2 heterocycles. The topological polar surface area (TPSA) is 77.6 Å². The van der Waals surface area contributed by atoms with Gasteiger partial charge in [-0.3, -0.25) is 0 Å². The maximum Gasteiger partial charge on any atom is 0.261 e. The Morgan fingerprint density at radius 2 is 2.32 bits per heavy atom. The summed E-state index contributed by atoms with van der Waals surface area (Å²) in [5, 5.41) is 13.9. The Bertz CT molecular complexity index is 576. The number of phenolic OH excluding ortho intramolecular Hbond substituents is 1. The number of benzene rings is 1. The van der Waals surface area contributed by atoms with E-state index in [9.17, 15) is 5.11 Å². The smallest absolute Gasteiger partial charge is 0.261 e. The quantitative estimate of drug-likeness (QED) is 0.911. The Labute approximate surface area is 110 Å². The van der Waals surface area contributed by atoms with Crippen LogP contribution < -0.4 is 4.74 Å². The van der Waals surface area contributed by atoms with Crippen LogP contribution in [-0.2, 0) is 4.74 Å². The van der Waals surface area contributed by atoms with Crippen LogP contribution in [0.15, 0.2) is 22.7 Å². The van der Waals surface area contributed by atoms with Gasteiger partial charge in [-0.15, -0.1) is 0 Å². The minimum absolute atomic E-state index is 0.0530. The summed E-state index contributed by atoms with van der Waals surface area (Å²) in [5.41, 5.74) is 0.499. The van der Waals surface area contributed by atoms with Crippen molar-refractivity contribution in [1.82, 2.24) is 10.1 Å². The molecule has 1 aliphatic rings. The standard InChI is InChI=1S/C13H14N2O4/c1-17-9-2-3-10(11(16)6-9)13-14-12(15-19-13)8-4-5-18-7-8/h2-3,6,8,16H,4-5,7H2,1H3/t8-/m1/s1. The van der Waals surface area contributed by atoms with Gasteiger partial charge in [-0.05, 0) is 18.6 Å². The molecule has 1 fully saturated rings. The molecule has 1 N–H and O–H groups in total. The third-order valence-corrected chi connectivity index (χ3v) is 3.17. The number of aromatic hydroxyl groups is 1. The van der Waals surface area contributed by atoms with E-state index >= 15 is 0 Å². The van der Waals surface area contributed by atoms with E-state index in [1.165, 1.54) is 6.07 Å². The predicted octanol–water partition coefficient (Wildman–Crippen LogP) is 1.95. The molecule has 0 bridgehead atoms. The molecule has 6 nitrogen and oxygen atoms in total. The molecular weight excluding hydrogens is 248 g/mol. The Balaban J connectivity index is 1.89. The van der Waals surface area contributed by atoms with Crippen LogP contribution in [0.25, 0.3) is 11.5 Å². The molecule has 100 valence electrons. The van der Waals surface area contributed by atoms with Gasteiger partial charge < -0.3 is 19.1 Å². The van der Waals surface area contributed by atoms with Crippen molar-refractivity contribution in [3.63, 3.8) is 0 Å². The van der Waals surface area contributed by atoms with Crippen LogP contribution in [0.5, 0.6) is 11.5 Å². The van der Waals surface area contributed by atoms with Crippen LogP contribution >= 0.6 is 0 Å². The third-order valence-electron chi connectivity index (χ3n) is 3.17. The van der Waals surface area contributed by atoms with Crippen LogP contribution in [0.4, 0.5) is 0 Å². The first-order chi connectivity index (χ1) is 9.28. The highest BCUT2D eigenvalue weighted by molar-refractivity contribution is 5.63. The number of methoxy groups -OCH3 is 1. The molecule has 1 aromatic heterocycles. The fourth-order valence-electron chi connectivity index (χ4n) is 2.07. The lowest BCUT2D eigenvalue weighted by molar-refractivity contribution is 0.192. The number of rotatable bonds is 3. The highest BCUT2D eigenvalue weighted by Crippen LogP contribution is 2.32. The molecule has 0 aliphatic carbocycles. The summed E-state index contributed by atoms with van der Waals surface area (Å²) in [6.45, 7) is 1.34. The van der Waals surface area contributed by atoms with Crippen molar-refractivity contribution in [1.29, 1.82) is 0 Å². The molecule has 0 unspecified atom stereocenters. The molecule has 2 aromatic rings. The van der Waals surface area contributed by atoms with Gasteiger partial charge in [0.05, 0.1) is 19.3 Å². The first-order valence-corrected chi connectivity index (χ1v) is 6.06. The fraction of sp³-hybridized carbons (Fsp3) is 0.385. The van der Waals surface area contributed by atoms with Crippen molar-refractivity contribution in [2.45, 2.75) is 12.3 Å². The van der Waals surface area contributed by atoms with E-state index in [2.05, 4.69) is 10.1 Å². The Morgan fingerprint density at radius 3 is 3.00 bits per heavy atom. The highest BCUT2D eigenvalue weighted by atomic mass is 16.5. The lowest BCUT2D eigenvalue weighted by atomic mass is 10.1. The van der Waals surface area contributed by atoms with Crippen molar-refractivity contribution in [3.8, 4) is 23.0 Å². The zero-order chi connectivity index (χ0) is 13.2. The Kier molecular flexibility index (Phi) is 3.08. The van der Waals surface area contributed by atoms with Crippen molar-refractivity contribution in [2.75, 3.05) is 20.3 Å². The second kappa shape index (κ2) is 4.89. The SMILES string of the molecule is COc1ccc(-c2nc([C@@H]3CCOC3)no2)c(O)c1. The summed E-state index contributed by atoms with van der Waals surface area (Å²) >= 11 is 0. The van der Waals surface area contributed by atoms with Crippen LogP contribution in [0.3, 0.4) is 0 Å². The van der Waals surface area contributed by atoms with E-state index in [1.54, 1.807) is 19.2 Å². The van der Waals surface area contributed by atoms with Gasteiger partial charge in [-0.25, -0.2) is 0 Å². The number of nitrogens with zero attached hydrogens (tertiary/aromatic N) is 2. The molecule has 1 aromatic carbocycles. The second-order valence-corrected chi connectivity index (χ2v) is 4.40. The molecule has 19 heavy (non-hydrogen) atoms. The molecular formula is C13H14N2O4. The zero-order valence-electron chi connectivity index (χ0n) is 10.5. The molecule has 6 heteroatoms. The van der Waals surface area contributed by atoms with Crippen molar-refractivity contribution >= 4 is 0 Å². The van der Waals surface area contributed by atoms with Gasteiger partial charge in [-0.2, -0.15) is 4.98 Å². The van der Waals surface area contributed by atoms with Crippen LogP contribution in [-0.4, -0.2) is 35.6 Å². The number of aromatic nitrogens is 2. The maximum atomic E-state index is 9.92. The fourth-order valence-corrected chi connectivity index (χ4v) is 2.07. The molecule has 3 rings (SSSR count). The minimum atomic E-state index is 0.0530. The summed E-state index contributed by atoms with van der Waals surface area (Å²) in [7, 11) is 1.54.